The lowest BCUT2D eigenvalue weighted by atomic mass is 9.95. The maximum absolute atomic E-state index is 6.28. The van der Waals surface area contributed by atoms with Gasteiger partial charge < -0.3 is 4.74 Å². The van der Waals surface area contributed by atoms with Crippen molar-refractivity contribution in [2.75, 3.05) is 0 Å². The van der Waals surface area contributed by atoms with Crippen LogP contribution in [-0.4, -0.2) is 16.9 Å². The number of rotatable bonds is 3. The maximum Gasteiger partial charge on any atom is 0.188 e. The molecule has 2 aliphatic rings. The molecule has 2 aromatic carbocycles. The van der Waals surface area contributed by atoms with Gasteiger partial charge in [-0.15, -0.1) is 0 Å². The Kier molecular flexibility index (Phi) is 4.20. The molecule has 0 radical (unpaired) electrons. The minimum atomic E-state index is -0.0263. The van der Waals surface area contributed by atoms with Gasteiger partial charge in [0, 0.05) is 23.4 Å². The van der Waals surface area contributed by atoms with Crippen molar-refractivity contribution in [3.63, 3.8) is 0 Å². The van der Waals surface area contributed by atoms with E-state index >= 15 is 0 Å². The van der Waals surface area contributed by atoms with Gasteiger partial charge in [-0.1, -0.05) is 55.3 Å². The number of fused-ring (bicyclic) bond motifs is 3. The summed E-state index contributed by atoms with van der Waals surface area (Å²) in [6, 6.07) is 14.7. The second-order valence-corrected chi connectivity index (χ2v) is 7.83. The first kappa shape index (κ1) is 16.5. The van der Waals surface area contributed by atoms with Gasteiger partial charge in [0.05, 0.1) is 11.8 Å². The summed E-state index contributed by atoms with van der Waals surface area (Å²) in [5, 5.41) is 7.85. The van der Waals surface area contributed by atoms with E-state index in [9.17, 15) is 0 Å². The molecule has 0 fully saturated rings. The highest BCUT2D eigenvalue weighted by Crippen LogP contribution is 2.44. The lowest BCUT2D eigenvalue weighted by molar-refractivity contribution is -0.0291. The number of ether oxygens (including phenoxy) is 1. The molecular formula is C21H23ClN2O. The second-order valence-electron chi connectivity index (χ2n) is 7.40. The number of halogens is 1. The van der Waals surface area contributed by atoms with E-state index in [2.05, 4.69) is 50.0 Å². The van der Waals surface area contributed by atoms with E-state index in [0.29, 0.717) is 5.92 Å². The van der Waals surface area contributed by atoms with Crippen molar-refractivity contribution in [2.45, 2.75) is 45.9 Å². The third kappa shape index (κ3) is 3.13. The van der Waals surface area contributed by atoms with Crippen molar-refractivity contribution < 1.29 is 4.74 Å². The fourth-order valence-corrected chi connectivity index (χ4v) is 3.79. The average molecular weight is 355 g/mol. The molecule has 2 aromatic rings. The van der Waals surface area contributed by atoms with E-state index in [4.69, 9.17) is 21.4 Å². The summed E-state index contributed by atoms with van der Waals surface area (Å²) in [7, 11) is 0. The second kappa shape index (κ2) is 6.38. The number of hydrogen-bond donors (Lipinski definition) is 0. The number of hydrazone groups is 1. The van der Waals surface area contributed by atoms with Gasteiger partial charge in [0.15, 0.2) is 6.23 Å². The molecule has 2 heterocycles. The molecule has 4 rings (SSSR count). The monoisotopic (exact) mass is 354 g/mol. The van der Waals surface area contributed by atoms with E-state index < -0.39 is 0 Å². The Morgan fingerprint density at radius 1 is 1.20 bits per heavy atom. The van der Waals surface area contributed by atoms with Crippen molar-refractivity contribution in [2.24, 2.45) is 11.0 Å². The summed E-state index contributed by atoms with van der Waals surface area (Å²) in [6.07, 6.45) is 1.80. The van der Waals surface area contributed by atoms with Crippen LogP contribution in [0.25, 0.3) is 0 Å². The lowest BCUT2D eigenvalue weighted by Crippen LogP contribution is -2.41. The first-order valence-electron chi connectivity index (χ1n) is 8.90. The van der Waals surface area contributed by atoms with Gasteiger partial charge in [-0.25, -0.2) is 0 Å². The predicted octanol–water partition coefficient (Wildman–Crippen LogP) is 5.56. The minimum Gasteiger partial charge on any atom is -0.469 e. The van der Waals surface area contributed by atoms with E-state index in [1.807, 2.05) is 18.2 Å². The average Bonchev–Trinajstić information content (AvgIpc) is 3.01. The normalized spacial score (nSPS) is 21.6. The third-order valence-corrected chi connectivity index (χ3v) is 5.12. The SMILES string of the molecule is Cc1ccc(C2=NN3[C@H](CC(C)C)Oc4ccc(Cl)cc4[C@H]3C2)cc1. The first-order chi connectivity index (χ1) is 12.0. The first-order valence-corrected chi connectivity index (χ1v) is 9.28. The number of hydrogen-bond acceptors (Lipinski definition) is 3. The summed E-state index contributed by atoms with van der Waals surface area (Å²) in [6.45, 7) is 6.54. The van der Waals surface area contributed by atoms with E-state index in [-0.39, 0.29) is 12.3 Å². The van der Waals surface area contributed by atoms with Gasteiger partial charge in [0.2, 0.25) is 0 Å². The molecule has 4 heteroatoms. The lowest BCUT2D eigenvalue weighted by Gasteiger charge is -2.38. The zero-order valence-corrected chi connectivity index (χ0v) is 15.6. The van der Waals surface area contributed by atoms with Crippen LogP contribution in [0.5, 0.6) is 5.75 Å². The van der Waals surface area contributed by atoms with Crippen molar-refractivity contribution in [3.8, 4) is 5.75 Å². The quantitative estimate of drug-likeness (QED) is 0.720. The summed E-state index contributed by atoms with van der Waals surface area (Å²) in [5.74, 6) is 1.48. The molecule has 2 aliphatic heterocycles. The van der Waals surface area contributed by atoms with Gasteiger partial charge in [0.1, 0.15) is 5.75 Å². The molecule has 0 saturated heterocycles. The molecule has 0 aliphatic carbocycles. The Hall–Kier alpha value is -2.00. The molecule has 0 saturated carbocycles. The number of nitrogens with zero attached hydrogens (tertiary/aromatic N) is 2. The van der Waals surface area contributed by atoms with Crippen LogP contribution in [0.2, 0.25) is 5.02 Å². The molecule has 3 nitrogen and oxygen atoms in total. The van der Waals surface area contributed by atoms with Crippen LogP contribution >= 0.6 is 11.6 Å². The van der Waals surface area contributed by atoms with Gasteiger partial charge in [-0.3, -0.25) is 5.01 Å². The van der Waals surface area contributed by atoms with Crippen LogP contribution in [0.1, 0.15) is 49.4 Å². The molecule has 0 spiro atoms. The van der Waals surface area contributed by atoms with Crippen LogP contribution in [0, 0.1) is 12.8 Å². The zero-order chi connectivity index (χ0) is 17.6. The highest BCUT2D eigenvalue weighted by molar-refractivity contribution is 6.30. The number of aryl methyl sites for hydroxylation is 1. The molecule has 0 unspecified atom stereocenters. The molecule has 0 aromatic heterocycles. The predicted molar refractivity (Wildman–Crippen MR) is 102 cm³/mol. The topological polar surface area (TPSA) is 24.8 Å². The minimum absolute atomic E-state index is 0.0263. The van der Waals surface area contributed by atoms with Gasteiger partial charge >= 0.3 is 0 Å². The standard InChI is InChI=1S/C21H23ClN2O/c1-13(2)10-21-24-19(17-11-16(22)8-9-20(17)25-21)12-18(23-24)15-6-4-14(3)5-7-15/h4-9,11,13,19,21H,10,12H2,1-3H3/t19-,21+/m1/s1. The fraction of sp³-hybridized carbons (Fsp3) is 0.381. The maximum atomic E-state index is 6.28. The zero-order valence-electron chi connectivity index (χ0n) is 14.9. The van der Waals surface area contributed by atoms with Crippen LogP contribution in [0.4, 0.5) is 0 Å². The molecular weight excluding hydrogens is 332 g/mol. The fourth-order valence-electron chi connectivity index (χ4n) is 3.61. The van der Waals surface area contributed by atoms with E-state index in [0.717, 1.165) is 34.9 Å². The Bertz CT molecular complexity index is 813. The van der Waals surface area contributed by atoms with Crippen molar-refractivity contribution in [3.05, 3.63) is 64.2 Å². The van der Waals surface area contributed by atoms with Gasteiger partial charge in [-0.2, -0.15) is 5.10 Å². The Morgan fingerprint density at radius 3 is 2.68 bits per heavy atom. The van der Waals surface area contributed by atoms with E-state index in [1.54, 1.807) is 0 Å². The molecule has 25 heavy (non-hydrogen) atoms. The van der Waals surface area contributed by atoms with Crippen molar-refractivity contribution in [1.82, 2.24) is 5.01 Å². The largest absolute Gasteiger partial charge is 0.469 e. The van der Waals surface area contributed by atoms with Crippen LogP contribution in [0.3, 0.4) is 0 Å². The summed E-state index contributed by atoms with van der Waals surface area (Å²) < 4.78 is 6.28. The smallest absolute Gasteiger partial charge is 0.188 e. The Labute approximate surface area is 154 Å². The molecule has 0 amide bonds. The molecule has 130 valence electrons. The summed E-state index contributed by atoms with van der Waals surface area (Å²) >= 11 is 6.25. The molecule has 0 bridgehead atoms. The van der Waals surface area contributed by atoms with Gasteiger partial charge in [-0.05, 0) is 36.6 Å². The number of benzene rings is 2. The van der Waals surface area contributed by atoms with Gasteiger partial charge in [0.25, 0.3) is 0 Å². The van der Waals surface area contributed by atoms with E-state index in [1.165, 1.54) is 11.1 Å². The highest BCUT2D eigenvalue weighted by atomic mass is 35.5. The summed E-state index contributed by atoms with van der Waals surface area (Å²) in [5.41, 5.74) is 4.71. The van der Waals surface area contributed by atoms with Crippen molar-refractivity contribution >= 4 is 17.3 Å². The van der Waals surface area contributed by atoms with Crippen molar-refractivity contribution in [1.29, 1.82) is 0 Å². The van der Waals surface area contributed by atoms with Crippen LogP contribution in [-0.2, 0) is 0 Å². The van der Waals surface area contributed by atoms with Crippen LogP contribution in [0.15, 0.2) is 47.6 Å². The Balaban J connectivity index is 1.72. The third-order valence-electron chi connectivity index (χ3n) is 4.89. The Morgan fingerprint density at radius 2 is 1.96 bits per heavy atom. The van der Waals surface area contributed by atoms with Crippen LogP contribution < -0.4 is 4.74 Å². The molecule has 2 atom stereocenters. The summed E-state index contributed by atoms with van der Waals surface area (Å²) in [4.78, 5) is 0. The highest BCUT2D eigenvalue weighted by Gasteiger charge is 2.40. The molecule has 0 N–H and O–H groups in total.